The van der Waals surface area contributed by atoms with Crippen molar-refractivity contribution in [3.63, 3.8) is 0 Å². The summed E-state index contributed by atoms with van der Waals surface area (Å²) in [4.78, 5) is 27.3. The summed E-state index contributed by atoms with van der Waals surface area (Å²) in [7, 11) is 0. The third kappa shape index (κ3) is 5.08. The molecule has 9 nitrogen and oxygen atoms in total. The van der Waals surface area contributed by atoms with Crippen molar-refractivity contribution in [2.24, 2.45) is 0 Å². The van der Waals surface area contributed by atoms with Crippen LogP contribution in [-0.4, -0.2) is 35.8 Å². The van der Waals surface area contributed by atoms with E-state index in [0.29, 0.717) is 16.7 Å². The van der Waals surface area contributed by atoms with Crippen LogP contribution in [0.4, 0.5) is 11.4 Å². The average molecular weight is 495 g/mol. The fraction of sp³-hybridized carbons (Fsp3) is 0.130. The lowest BCUT2D eigenvalue weighted by Gasteiger charge is -2.14. The summed E-state index contributed by atoms with van der Waals surface area (Å²) < 4.78 is 1.89. The number of halogens is 1. The quantitative estimate of drug-likeness (QED) is 0.210. The van der Waals surface area contributed by atoms with Crippen LogP contribution in [0, 0.1) is 17.0 Å². The molecule has 11 heteroatoms. The minimum atomic E-state index is -0.565. The molecule has 0 fully saturated rings. The van der Waals surface area contributed by atoms with Crippen LogP contribution < -0.4 is 5.32 Å². The van der Waals surface area contributed by atoms with Gasteiger partial charge in [0.2, 0.25) is 5.91 Å². The van der Waals surface area contributed by atoms with Gasteiger partial charge in [0.1, 0.15) is 0 Å². The molecule has 0 aliphatic carbocycles. The summed E-state index contributed by atoms with van der Waals surface area (Å²) in [5, 5.41) is 22.4. The zero-order valence-electron chi connectivity index (χ0n) is 18.2. The first kappa shape index (κ1) is 23.4. The van der Waals surface area contributed by atoms with Crippen molar-refractivity contribution in [1.29, 1.82) is 0 Å². The first-order chi connectivity index (χ1) is 16.3. The van der Waals surface area contributed by atoms with E-state index in [1.165, 1.54) is 30.0 Å². The largest absolute Gasteiger partial charge is 0.324 e. The number of nitro benzene ring substituents is 1. The maximum absolute atomic E-state index is 12.9. The van der Waals surface area contributed by atoms with Crippen molar-refractivity contribution in [2.75, 3.05) is 5.32 Å². The number of carbonyl (C=O) groups is 1. The number of anilines is 1. The first-order valence-electron chi connectivity index (χ1n) is 10.2. The summed E-state index contributed by atoms with van der Waals surface area (Å²) in [6.07, 6.45) is 3.36. The molecule has 1 atom stereocenters. The number of aromatic nitrogens is 4. The Morgan fingerprint density at radius 2 is 1.82 bits per heavy atom. The topological polar surface area (TPSA) is 116 Å². The van der Waals surface area contributed by atoms with E-state index in [2.05, 4.69) is 20.5 Å². The normalized spacial score (nSPS) is 11.7. The first-order valence-corrected chi connectivity index (χ1v) is 11.4. The number of non-ortho nitro benzene ring substituents is 1. The number of nitrogens with one attached hydrogen (secondary N) is 1. The van der Waals surface area contributed by atoms with Gasteiger partial charge in [-0.25, -0.2) is 0 Å². The van der Waals surface area contributed by atoms with E-state index >= 15 is 0 Å². The number of benzene rings is 2. The smallest absolute Gasteiger partial charge is 0.271 e. The molecule has 2 aromatic heterocycles. The SMILES string of the molecule is Cc1ccc(-n2c(SC(C)C(=O)Nc3ccc([N+](=O)[O-])cc3Cl)nnc2-c2ccncc2)cc1. The van der Waals surface area contributed by atoms with Gasteiger partial charge in [0, 0.05) is 35.8 Å². The summed E-state index contributed by atoms with van der Waals surface area (Å²) >= 11 is 7.35. The molecule has 172 valence electrons. The van der Waals surface area contributed by atoms with Crippen LogP contribution in [0.5, 0.6) is 0 Å². The highest BCUT2D eigenvalue weighted by atomic mass is 35.5. The van der Waals surface area contributed by atoms with E-state index in [0.717, 1.165) is 16.8 Å². The van der Waals surface area contributed by atoms with Crippen LogP contribution in [-0.2, 0) is 4.79 Å². The van der Waals surface area contributed by atoms with Gasteiger partial charge < -0.3 is 5.32 Å². The highest BCUT2D eigenvalue weighted by Gasteiger charge is 2.23. The molecule has 4 aromatic rings. The lowest BCUT2D eigenvalue weighted by atomic mass is 10.2. The van der Waals surface area contributed by atoms with E-state index < -0.39 is 10.2 Å². The zero-order chi connectivity index (χ0) is 24.2. The van der Waals surface area contributed by atoms with E-state index in [1.807, 2.05) is 47.9 Å². The van der Waals surface area contributed by atoms with Gasteiger partial charge in [-0.05, 0) is 44.2 Å². The van der Waals surface area contributed by atoms with Crippen molar-refractivity contribution in [2.45, 2.75) is 24.3 Å². The molecule has 1 amide bonds. The molecule has 34 heavy (non-hydrogen) atoms. The Hall–Kier alpha value is -3.76. The molecule has 0 spiro atoms. The minimum absolute atomic E-state index is 0.0857. The maximum atomic E-state index is 12.9. The van der Waals surface area contributed by atoms with E-state index in [9.17, 15) is 14.9 Å². The molecule has 0 radical (unpaired) electrons. The molecule has 2 aromatic carbocycles. The predicted molar refractivity (Wildman–Crippen MR) is 131 cm³/mol. The van der Waals surface area contributed by atoms with Crippen LogP contribution in [0.1, 0.15) is 12.5 Å². The van der Waals surface area contributed by atoms with E-state index in [4.69, 9.17) is 11.6 Å². The Kier molecular flexibility index (Phi) is 6.90. The van der Waals surface area contributed by atoms with Crippen molar-refractivity contribution >= 4 is 40.6 Å². The van der Waals surface area contributed by atoms with Gasteiger partial charge in [0.05, 0.1) is 20.9 Å². The summed E-state index contributed by atoms with van der Waals surface area (Å²) in [6, 6.07) is 15.5. The third-order valence-electron chi connectivity index (χ3n) is 4.94. The number of aryl methyl sites for hydroxylation is 1. The lowest BCUT2D eigenvalue weighted by molar-refractivity contribution is -0.384. The second kappa shape index (κ2) is 10.0. The predicted octanol–water partition coefficient (Wildman–Crippen LogP) is 5.32. The standard InChI is InChI=1S/C23H19ClN6O3S/c1-14-3-5-17(6-4-14)29-21(16-9-11-25-12-10-16)27-28-23(29)34-15(2)22(31)26-20-8-7-18(30(32)33)13-19(20)24/h3-13,15H,1-2H3,(H,26,31). The molecular formula is C23H19ClN6O3S. The lowest BCUT2D eigenvalue weighted by Crippen LogP contribution is -2.23. The highest BCUT2D eigenvalue weighted by molar-refractivity contribution is 8.00. The number of carbonyl (C=O) groups excluding carboxylic acids is 1. The van der Waals surface area contributed by atoms with Gasteiger partial charge in [-0.3, -0.25) is 24.5 Å². The summed E-state index contributed by atoms with van der Waals surface area (Å²) in [5.41, 5.74) is 2.95. The molecule has 1 unspecified atom stereocenters. The van der Waals surface area contributed by atoms with Gasteiger partial charge in [-0.15, -0.1) is 10.2 Å². The second-order valence-corrected chi connectivity index (χ2v) is 9.10. The molecule has 1 N–H and O–H groups in total. The van der Waals surface area contributed by atoms with Crippen LogP contribution in [0.15, 0.2) is 72.1 Å². The molecule has 0 bridgehead atoms. The third-order valence-corrected chi connectivity index (χ3v) is 6.29. The van der Waals surface area contributed by atoms with Crippen molar-refractivity contribution < 1.29 is 9.72 Å². The molecule has 2 heterocycles. The van der Waals surface area contributed by atoms with E-state index in [1.54, 1.807) is 19.3 Å². The molecule has 0 aliphatic rings. The Morgan fingerprint density at radius 1 is 1.12 bits per heavy atom. The summed E-state index contributed by atoms with van der Waals surface area (Å²) in [6.45, 7) is 3.74. The number of pyridine rings is 1. The van der Waals surface area contributed by atoms with Crippen LogP contribution in [0.3, 0.4) is 0 Å². The summed E-state index contributed by atoms with van der Waals surface area (Å²) in [5.74, 6) is 0.296. The van der Waals surface area contributed by atoms with Crippen molar-refractivity contribution in [3.8, 4) is 17.1 Å². The number of amides is 1. The number of hydrogen-bond acceptors (Lipinski definition) is 7. The fourth-order valence-electron chi connectivity index (χ4n) is 3.13. The number of thioether (sulfide) groups is 1. The highest BCUT2D eigenvalue weighted by Crippen LogP contribution is 2.32. The maximum Gasteiger partial charge on any atom is 0.271 e. The van der Waals surface area contributed by atoms with E-state index in [-0.39, 0.29) is 16.6 Å². The van der Waals surface area contributed by atoms with Gasteiger partial charge in [0.25, 0.3) is 5.69 Å². The minimum Gasteiger partial charge on any atom is -0.324 e. The molecular weight excluding hydrogens is 476 g/mol. The Bertz CT molecular complexity index is 1340. The molecule has 0 saturated heterocycles. The van der Waals surface area contributed by atoms with Gasteiger partial charge in [-0.2, -0.15) is 0 Å². The van der Waals surface area contributed by atoms with Crippen molar-refractivity contribution in [1.82, 2.24) is 19.7 Å². The Morgan fingerprint density at radius 3 is 2.47 bits per heavy atom. The Labute approximate surface area is 204 Å². The zero-order valence-corrected chi connectivity index (χ0v) is 19.7. The van der Waals surface area contributed by atoms with Crippen molar-refractivity contribution in [3.05, 3.63) is 87.7 Å². The van der Waals surface area contributed by atoms with Gasteiger partial charge >= 0.3 is 0 Å². The number of hydrogen-bond donors (Lipinski definition) is 1. The second-order valence-electron chi connectivity index (χ2n) is 7.38. The molecule has 0 aliphatic heterocycles. The fourth-order valence-corrected chi connectivity index (χ4v) is 4.22. The molecule has 4 rings (SSSR count). The van der Waals surface area contributed by atoms with Crippen LogP contribution >= 0.6 is 23.4 Å². The average Bonchev–Trinajstić information content (AvgIpc) is 3.24. The monoisotopic (exact) mass is 494 g/mol. The van der Waals surface area contributed by atoms with Crippen LogP contribution in [0.25, 0.3) is 17.1 Å². The number of nitro groups is 1. The van der Waals surface area contributed by atoms with Crippen LogP contribution in [0.2, 0.25) is 5.02 Å². The number of nitrogens with zero attached hydrogens (tertiary/aromatic N) is 5. The number of rotatable bonds is 7. The van der Waals surface area contributed by atoms with Gasteiger partial charge in [0.15, 0.2) is 11.0 Å². The van der Waals surface area contributed by atoms with Gasteiger partial charge in [-0.1, -0.05) is 41.1 Å². The Balaban J connectivity index is 1.61. The molecule has 0 saturated carbocycles.